The summed E-state index contributed by atoms with van der Waals surface area (Å²) in [7, 11) is 1.65. The van der Waals surface area contributed by atoms with Crippen LogP contribution in [0.5, 0.6) is 0 Å². The molecule has 152 valence electrons. The Morgan fingerprint density at radius 1 is 1.21 bits per heavy atom. The molecule has 0 radical (unpaired) electrons. The summed E-state index contributed by atoms with van der Waals surface area (Å²) in [5.41, 5.74) is 1.76. The van der Waals surface area contributed by atoms with Crippen molar-refractivity contribution >= 4 is 28.8 Å². The Kier molecular flexibility index (Phi) is 6.17. The van der Waals surface area contributed by atoms with Gasteiger partial charge in [-0.05, 0) is 37.5 Å². The molecule has 3 rings (SSSR count). The molecule has 0 bridgehead atoms. The minimum Gasteiger partial charge on any atom is -0.481 e. The van der Waals surface area contributed by atoms with Crippen molar-refractivity contribution in [3.63, 3.8) is 0 Å². The van der Waals surface area contributed by atoms with Crippen LogP contribution in [0.4, 0.5) is 0 Å². The predicted octanol–water partition coefficient (Wildman–Crippen LogP) is 1.70. The van der Waals surface area contributed by atoms with Gasteiger partial charge in [0.15, 0.2) is 0 Å². The molecule has 1 aliphatic heterocycles. The lowest BCUT2D eigenvalue weighted by Gasteiger charge is -2.21. The van der Waals surface area contributed by atoms with Gasteiger partial charge in [-0.1, -0.05) is 18.3 Å². The van der Waals surface area contributed by atoms with E-state index in [9.17, 15) is 19.2 Å². The van der Waals surface area contributed by atoms with Crippen molar-refractivity contribution in [3.05, 3.63) is 34.2 Å². The minimum atomic E-state index is -0.778. The molecule has 1 aromatic heterocycles. The van der Waals surface area contributed by atoms with E-state index in [4.69, 9.17) is 5.11 Å². The first-order valence-electron chi connectivity index (χ1n) is 9.64. The van der Waals surface area contributed by atoms with Crippen molar-refractivity contribution < 1.29 is 19.5 Å². The number of carboxylic acids is 1. The Morgan fingerprint density at radius 3 is 2.72 bits per heavy atom. The molecule has 1 aliphatic rings. The fraction of sp³-hybridized carbons (Fsp3) is 0.429. The highest BCUT2D eigenvalue weighted by molar-refractivity contribution is 6.00. The van der Waals surface area contributed by atoms with Gasteiger partial charge in [-0.2, -0.15) is 0 Å². The number of rotatable bonds is 6. The molecular formula is C21H23N3O5. The van der Waals surface area contributed by atoms with Crippen LogP contribution in [0.3, 0.4) is 0 Å². The van der Waals surface area contributed by atoms with Crippen LogP contribution in [0.25, 0.3) is 11.0 Å². The summed E-state index contributed by atoms with van der Waals surface area (Å²) in [6.07, 6.45) is 3.67. The normalized spacial score (nSPS) is 16.4. The third-order valence-corrected chi connectivity index (χ3v) is 5.04. The average molecular weight is 397 g/mol. The highest BCUT2D eigenvalue weighted by atomic mass is 16.4. The molecule has 0 saturated carbocycles. The van der Waals surface area contributed by atoms with E-state index in [2.05, 4.69) is 17.2 Å². The minimum absolute atomic E-state index is 0.183. The van der Waals surface area contributed by atoms with E-state index in [1.807, 2.05) is 12.1 Å². The number of hydrogen-bond donors (Lipinski definition) is 2. The number of benzene rings is 1. The number of nitrogens with zero attached hydrogens (tertiary/aromatic N) is 2. The molecule has 2 heterocycles. The van der Waals surface area contributed by atoms with E-state index < -0.39 is 17.9 Å². The quantitative estimate of drug-likeness (QED) is 0.438. The zero-order valence-corrected chi connectivity index (χ0v) is 16.2. The van der Waals surface area contributed by atoms with Crippen LogP contribution >= 0.6 is 0 Å². The molecule has 0 aliphatic carbocycles. The van der Waals surface area contributed by atoms with Crippen LogP contribution in [-0.2, 0) is 21.4 Å². The first-order chi connectivity index (χ1) is 13.9. The summed E-state index contributed by atoms with van der Waals surface area (Å²) < 4.78 is 2.92. The lowest BCUT2D eigenvalue weighted by atomic mass is 10.1. The summed E-state index contributed by atoms with van der Waals surface area (Å²) in [6, 6.07) is 4.70. The van der Waals surface area contributed by atoms with Gasteiger partial charge >= 0.3 is 11.7 Å². The first kappa shape index (κ1) is 20.4. The first-order valence-corrected chi connectivity index (χ1v) is 9.64. The third-order valence-electron chi connectivity index (χ3n) is 5.04. The Bertz CT molecular complexity index is 1080. The summed E-state index contributed by atoms with van der Waals surface area (Å²) in [4.78, 5) is 46.8. The van der Waals surface area contributed by atoms with E-state index in [1.54, 1.807) is 13.1 Å². The number of amides is 2. The number of unbranched alkanes of at least 4 members (excludes halogenated alkanes) is 3. The Balaban J connectivity index is 1.76. The highest BCUT2D eigenvalue weighted by Crippen LogP contribution is 2.23. The van der Waals surface area contributed by atoms with Crippen LogP contribution in [0.15, 0.2) is 23.0 Å². The number of aliphatic carboxylic acids is 1. The van der Waals surface area contributed by atoms with Gasteiger partial charge in [0.1, 0.15) is 6.04 Å². The SMILES string of the molecule is Cn1c(=O)n(C2CCC(=O)NC2=O)c2ccc(C#CCCCCCC(=O)O)cc21. The fourth-order valence-electron chi connectivity index (χ4n) is 3.50. The second-order valence-corrected chi connectivity index (χ2v) is 7.14. The molecule has 2 aromatic rings. The molecule has 29 heavy (non-hydrogen) atoms. The maximum atomic E-state index is 12.7. The largest absolute Gasteiger partial charge is 0.481 e. The van der Waals surface area contributed by atoms with Gasteiger partial charge in [0, 0.05) is 31.9 Å². The molecular weight excluding hydrogens is 374 g/mol. The maximum Gasteiger partial charge on any atom is 0.329 e. The topological polar surface area (TPSA) is 110 Å². The summed E-state index contributed by atoms with van der Waals surface area (Å²) in [6.45, 7) is 0. The summed E-state index contributed by atoms with van der Waals surface area (Å²) in [5, 5.41) is 10.9. The predicted molar refractivity (Wildman–Crippen MR) is 106 cm³/mol. The zero-order chi connectivity index (χ0) is 21.0. The molecule has 1 unspecified atom stereocenters. The van der Waals surface area contributed by atoms with E-state index >= 15 is 0 Å². The molecule has 8 nitrogen and oxygen atoms in total. The molecule has 0 spiro atoms. The number of hydrogen-bond acceptors (Lipinski definition) is 4. The van der Waals surface area contributed by atoms with Crippen molar-refractivity contribution in [1.82, 2.24) is 14.5 Å². The molecule has 1 atom stereocenters. The molecule has 1 fully saturated rings. The van der Waals surface area contributed by atoms with Gasteiger partial charge in [-0.15, -0.1) is 0 Å². The van der Waals surface area contributed by atoms with E-state index in [0.717, 1.165) is 18.4 Å². The number of imide groups is 1. The number of nitrogens with one attached hydrogen (secondary N) is 1. The van der Waals surface area contributed by atoms with Gasteiger partial charge in [-0.3, -0.25) is 28.8 Å². The Morgan fingerprint density at radius 2 is 2.00 bits per heavy atom. The van der Waals surface area contributed by atoms with Crippen LogP contribution in [-0.4, -0.2) is 32.0 Å². The number of carbonyl (C=O) groups excluding carboxylic acids is 2. The molecule has 1 saturated heterocycles. The second-order valence-electron chi connectivity index (χ2n) is 7.14. The Labute approximate surface area is 167 Å². The van der Waals surface area contributed by atoms with Crippen molar-refractivity contribution in [2.24, 2.45) is 7.05 Å². The van der Waals surface area contributed by atoms with Crippen LogP contribution in [0.2, 0.25) is 0 Å². The summed E-state index contributed by atoms with van der Waals surface area (Å²) >= 11 is 0. The van der Waals surface area contributed by atoms with Gasteiger partial charge in [0.05, 0.1) is 11.0 Å². The number of aryl methyl sites for hydroxylation is 1. The molecule has 2 amide bonds. The van der Waals surface area contributed by atoms with Crippen LogP contribution in [0.1, 0.15) is 56.6 Å². The van der Waals surface area contributed by atoms with Gasteiger partial charge in [0.2, 0.25) is 11.8 Å². The van der Waals surface area contributed by atoms with Crippen molar-refractivity contribution in [3.8, 4) is 11.8 Å². The number of carboxylic acid groups (broad SMARTS) is 1. The number of imidazole rings is 1. The highest BCUT2D eigenvalue weighted by Gasteiger charge is 2.31. The van der Waals surface area contributed by atoms with E-state index in [0.29, 0.717) is 30.3 Å². The standard InChI is InChI=1S/C21H23N3O5/c1-23-17-13-14(7-5-3-2-4-6-8-19(26)27)9-10-15(17)24(21(23)29)16-11-12-18(25)22-20(16)28/h9-10,13,16H,2-4,6,8,11-12H2,1H3,(H,26,27)(H,22,25,28). The van der Waals surface area contributed by atoms with Gasteiger partial charge in [0.25, 0.3) is 0 Å². The lowest BCUT2D eigenvalue weighted by molar-refractivity contribution is -0.137. The smallest absolute Gasteiger partial charge is 0.329 e. The van der Waals surface area contributed by atoms with E-state index in [1.165, 1.54) is 9.13 Å². The maximum absolute atomic E-state index is 12.7. The third kappa shape index (κ3) is 4.57. The van der Waals surface area contributed by atoms with Crippen LogP contribution < -0.4 is 11.0 Å². The number of aromatic nitrogens is 2. The van der Waals surface area contributed by atoms with Gasteiger partial charge in [-0.25, -0.2) is 4.79 Å². The lowest BCUT2D eigenvalue weighted by Crippen LogP contribution is -2.44. The average Bonchev–Trinajstić information content (AvgIpc) is 2.92. The number of fused-ring (bicyclic) bond motifs is 1. The van der Waals surface area contributed by atoms with Crippen molar-refractivity contribution in [2.45, 2.75) is 51.0 Å². The molecule has 8 heteroatoms. The fourth-order valence-corrected chi connectivity index (χ4v) is 3.50. The zero-order valence-electron chi connectivity index (χ0n) is 16.2. The molecule has 2 N–H and O–H groups in total. The van der Waals surface area contributed by atoms with Crippen LogP contribution in [0, 0.1) is 11.8 Å². The van der Waals surface area contributed by atoms with Crippen molar-refractivity contribution in [2.75, 3.05) is 0 Å². The Hall–Kier alpha value is -3.34. The summed E-state index contributed by atoms with van der Waals surface area (Å²) in [5.74, 6) is 4.60. The molecule has 1 aromatic carbocycles. The monoisotopic (exact) mass is 397 g/mol. The number of piperidine rings is 1. The van der Waals surface area contributed by atoms with Crippen molar-refractivity contribution in [1.29, 1.82) is 0 Å². The number of carbonyl (C=O) groups is 3. The van der Waals surface area contributed by atoms with Gasteiger partial charge < -0.3 is 5.11 Å². The second kappa shape index (κ2) is 8.78. The van der Waals surface area contributed by atoms with E-state index in [-0.39, 0.29) is 24.4 Å².